The van der Waals surface area contributed by atoms with Crippen LogP contribution in [0.5, 0.6) is 5.75 Å². The van der Waals surface area contributed by atoms with Crippen LogP contribution < -0.4 is 4.74 Å². The van der Waals surface area contributed by atoms with Gasteiger partial charge in [0.1, 0.15) is 16.8 Å². The summed E-state index contributed by atoms with van der Waals surface area (Å²) in [4.78, 5) is 4.63. The van der Waals surface area contributed by atoms with E-state index in [4.69, 9.17) is 4.74 Å². The third-order valence-electron chi connectivity index (χ3n) is 3.61. The standard InChI is InChI=1S/C21H18N2OS/c1-2-12-24-20-11-7-6-10-17(20)13-18(14-22)21-23-19(15-25-21)16-8-4-3-5-9-16/h3-11,13,15H,2,12H2,1H3/b18-13-. The van der Waals surface area contributed by atoms with Crippen LogP contribution in [0, 0.1) is 11.3 Å². The predicted molar refractivity (Wildman–Crippen MR) is 103 cm³/mol. The van der Waals surface area contributed by atoms with Gasteiger partial charge in [-0.3, -0.25) is 0 Å². The number of benzene rings is 2. The molecule has 0 aliphatic carbocycles. The number of nitriles is 1. The van der Waals surface area contributed by atoms with Crippen molar-refractivity contribution in [3.05, 3.63) is 70.5 Å². The van der Waals surface area contributed by atoms with Gasteiger partial charge in [0.25, 0.3) is 0 Å². The second-order valence-corrected chi connectivity index (χ2v) is 6.32. The molecule has 1 heterocycles. The van der Waals surface area contributed by atoms with Crippen LogP contribution in [-0.4, -0.2) is 11.6 Å². The summed E-state index contributed by atoms with van der Waals surface area (Å²) in [6.07, 6.45) is 2.79. The number of hydrogen-bond acceptors (Lipinski definition) is 4. The van der Waals surface area contributed by atoms with E-state index in [0.717, 1.165) is 29.0 Å². The van der Waals surface area contributed by atoms with Crippen molar-refractivity contribution in [2.45, 2.75) is 13.3 Å². The summed E-state index contributed by atoms with van der Waals surface area (Å²) in [6.45, 7) is 2.72. The van der Waals surface area contributed by atoms with Crippen molar-refractivity contribution in [2.24, 2.45) is 0 Å². The van der Waals surface area contributed by atoms with Crippen LogP contribution in [0.1, 0.15) is 23.9 Å². The van der Waals surface area contributed by atoms with Crippen LogP contribution >= 0.6 is 11.3 Å². The number of aromatic nitrogens is 1. The number of thiazole rings is 1. The fourth-order valence-electron chi connectivity index (χ4n) is 2.38. The molecule has 0 fully saturated rings. The molecule has 0 bridgehead atoms. The van der Waals surface area contributed by atoms with E-state index in [9.17, 15) is 5.26 Å². The molecule has 4 heteroatoms. The van der Waals surface area contributed by atoms with Crippen molar-refractivity contribution >= 4 is 23.0 Å². The van der Waals surface area contributed by atoms with Crippen molar-refractivity contribution in [2.75, 3.05) is 6.61 Å². The molecule has 124 valence electrons. The van der Waals surface area contributed by atoms with Crippen LogP contribution in [0.15, 0.2) is 60.0 Å². The molecule has 0 saturated heterocycles. The zero-order valence-corrected chi connectivity index (χ0v) is 14.8. The van der Waals surface area contributed by atoms with E-state index < -0.39 is 0 Å². The molecule has 3 nitrogen and oxygen atoms in total. The summed E-state index contributed by atoms with van der Waals surface area (Å²) in [5.74, 6) is 0.789. The lowest BCUT2D eigenvalue weighted by Gasteiger charge is -2.08. The number of hydrogen-bond donors (Lipinski definition) is 0. The van der Waals surface area contributed by atoms with Crippen molar-refractivity contribution in [3.8, 4) is 23.1 Å². The Balaban J connectivity index is 1.92. The predicted octanol–water partition coefficient (Wildman–Crippen LogP) is 5.66. The quantitative estimate of drug-likeness (QED) is 0.541. The largest absolute Gasteiger partial charge is 0.493 e. The maximum absolute atomic E-state index is 9.60. The lowest BCUT2D eigenvalue weighted by atomic mass is 10.1. The molecule has 0 aliphatic heterocycles. The molecule has 1 aromatic heterocycles. The Labute approximate surface area is 151 Å². The minimum Gasteiger partial charge on any atom is -0.493 e. The van der Waals surface area contributed by atoms with E-state index in [1.54, 1.807) is 0 Å². The van der Waals surface area contributed by atoms with Crippen molar-refractivity contribution < 1.29 is 4.74 Å². The number of nitrogens with zero attached hydrogens (tertiary/aromatic N) is 2. The van der Waals surface area contributed by atoms with Crippen LogP contribution in [0.4, 0.5) is 0 Å². The average molecular weight is 346 g/mol. The summed E-state index contributed by atoms with van der Waals surface area (Å²) in [7, 11) is 0. The van der Waals surface area contributed by atoms with Gasteiger partial charge in [0.15, 0.2) is 0 Å². The Morgan fingerprint density at radius 2 is 1.92 bits per heavy atom. The summed E-state index contributed by atoms with van der Waals surface area (Å²) in [5.41, 5.74) is 3.37. The number of ether oxygens (including phenoxy) is 1. The van der Waals surface area contributed by atoms with Gasteiger partial charge in [0.2, 0.25) is 0 Å². The number of para-hydroxylation sites is 1. The molecule has 0 aliphatic rings. The van der Waals surface area contributed by atoms with E-state index >= 15 is 0 Å². The first kappa shape index (κ1) is 16.9. The van der Waals surface area contributed by atoms with Crippen molar-refractivity contribution in [1.82, 2.24) is 4.98 Å². The third-order valence-corrected chi connectivity index (χ3v) is 4.48. The minimum absolute atomic E-state index is 0.541. The van der Waals surface area contributed by atoms with Gasteiger partial charge in [-0.2, -0.15) is 5.26 Å². The lowest BCUT2D eigenvalue weighted by Crippen LogP contribution is -1.96. The Kier molecular flexibility index (Phi) is 5.61. The monoisotopic (exact) mass is 346 g/mol. The third kappa shape index (κ3) is 4.14. The van der Waals surface area contributed by atoms with Gasteiger partial charge in [0, 0.05) is 16.5 Å². The smallest absolute Gasteiger partial charge is 0.134 e. The molecule has 0 spiro atoms. The fraction of sp³-hybridized carbons (Fsp3) is 0.143. The molecular weight excluding hydrogens is 328 g/mol. The molecule has 0 atom stereocenters. The minimum atomic E-state index is 0.541. The van der Waals surface area contributed by atoms with E-state index in [2.05, 4.69) is 18.0 Å². The highest BCUT2D eigenvalue weighted by Crippen LogP contribution is 2.29. The van der Waals surface area contributed by atoms with Crippen LogP contribution in [0.2, 0.25) is 0 Å². The van der Waals surface area contributed by atoms with Crippen molar-refractivity contribution in [3.63, 3.8) is 0 Å². The first-order valence-corrected chi connectivity index (χ1v) is 9.04. The van der Waals surface area contributed by atoms with Gasteiger partial charge in [0.05, 0.1) is 17.9 Å². The van der Waals surface area contributed by atoms with E-state index in [1.165, 1.54) is 11.3 Å². The Hall–Kier alpha value is -2.90. The highest BCUT2D eigenvalue weighted by Gasteiger charge is 2.10. The normalized spacial score (nSPS) is 11.1. The summed E-state index contributed by atoms with van der Waals surface area (Å²) >= 11 is 1.48. The maximum Gasteiger partial charge on any atom is 0.134 e. The molecule has 3 rings (SSSR count). The number of rotatable bonds is 6. The van der Waals surface area contributed by atoms with Crippen LogP contribution in [0.3, 0.4) is 0 Å². The zero-order chi connectivity index (χ0) is 17.5. The Morgan fingerprint density at radius 3 is 2.68 bits per heavy atom. The second-order valence-electron chi connectivity index (χ2n) is 5.46. The Morgan fingerprint density at radius 1 is 1.16 bits per heavy atom. The van der Waals surface area contributed by atoms with Gasteiger partial charge in [-0.15, -0.1) is 11.3 Å². The molecule has 0 N–H and O–H groups in total. The second kappa shape index (κ2) is 8.27. The Bertz CT molecular complexity index is 907. The highest BCUT2D eigenvalue weighted by molar-refractivity contribution is 7.11. The average Bonchev–Trinajstić information content (AvgIpc) is 3.16. The highest BCUT2D eigenvalue weighted by atomic mass is 32.1. The van der Waals surface area contributed by atoms with Gasteiger partial charge < -0.3 is 4.74 Å². The van der Waals surface area contributed by atoms with Crippen LogP contribution in [0.25, 0.3) is 22.9 Å². The van der Waals surface area contributed by atoms with Gasteiger partial charge in [-0.05, 0) is 18.6 Å². The molecule has 0 amide bonds. The SMILES string of the molecule is CCCOc1ccccc1/C=C(/C#N)c1nc(-c2ccccc2)cs1. The summed E-state index contributed by atoms with van der Waals surface area (Å²) in [6, 6.07) is 20.0. The summed E-state index contributed by atoms with van der Waals surface area (Å²) in [5, 5.41) is 12.3. The molecule has 0 saturated carbocycles. The molecular formula is C21H18N2OS. The van der Waals surface area contributed by atoms with Gasteiger partial charge in [-0.1, -0.05) is 55.5 Å². The van der Waals surface area contributed by atoms with Gasteiger partial charge in [-0.25, -0.2) is 4.98 Å². The number of allylic oxidation sites excluding steroid dienone is 1. The zero-order valence-electron chi connectivity index (χ0n) is 14.0. The van der Waals surface area contributed by atoms with E-state index in [-0.39, 0.29) is 0 Å². The van der Waals surface area contributed by atoms with E-state index in [1.807, 2.05) is 66.1 Å². The first-order valence-electron chi connectivity index (χ1n) is 8.16. The summed E-state index contributed by atoms with van der Waals surface area (Å²) < 4.78 is 5.77. The molecule has 3 aromatic rings. The molecule has 25 heavy (non-hydrogen) atoms. The molecule has 0 radical (unpaired) electrons. The lowest BCUT2D eigenvalue weighted by molar-refractivity contribution is 0.317. The van der Waals surface area contributed by atoms with E-state index in [0.29, 0.717) is 17.2 Å². The fourth-order valence-corrected chi connectivity index (χ4v) is 3.17. The maximum atomic E-state index is 9.60. The van der Waals surface area contributed by atoms with Gasteiger partial charge >= 0.3 is 0 Å². The first-order chi connectivity index (χ1) is 12.3. The topological polar surface area (TPSA) is 45.9 Å². The van der Waals surface area contributed by atoms with Crippen LogP contribution in [-0.2, 0) is 0 Å². The van der Waals surface area contributed by atoms with Crippen molar-refractivity contribution in [1.29, 1.82) is 5.26 Å². The molecule has 0 unspecified atom stereocenters. The molecule has 2 aromatic carbocycles.